The number of alkyl carbamates (subject to hydrolysis) is 1. The van der Waals surface area contributed by atoms with Crippen LogP contribution in [-0.4, -0.2) is 48.8 Å². The van der Waals surface area contributed by atoms with Crippen molar-refractivity contribution in [1.82, 2.24) is 20.9 Å². The van der Waals surface area contributed by atoms with E-state index in [0.717, 1.165) is 43.3 Å². The zero-order chi connectivity index (χ0) is 20.3. The molecule has 0 saturated heterocycles. The van der Waals surface area contributed by atoms with Crippen LogP contribution >= 0.6 is 35.3 Å². The highest BCUT2D eigenvalue weighted by molar-refractivity contribution is 14.0. The number of halogens is 1. The van der Waals surface area contributed by atoms with E-state index in [-0.39, 0.29) is 30.1 Å². The summed E-state index contributed by atoms with van der Waals surface area (Å²) in [5.74, 6) is 0.791. The van der Waals surface area contributed by atoms with Gasteiger partial charge in [0.15, 0.2) is 5.96 Å². The first-order chi connectivity index (χ1) is 12.7. The van der Waals surface area contributed by atoms with Gasteiger partial charge in [0.05, 0.1) is 10.7 Å². The number of aryl methyl sites for hydroxylation is 2. The molecular formula is C19H36IN5O2S. The van der Waals surface area contributed by atoms with Gasteiger partial charge in [-0.2, -0.15) is 0 Å². The molecule has 1 heterocycles. The van der Waals surface area contributed by atoms with Crippen molar-refractivity contribution in [2.45, 2.75) is 66.4 Å². The normalized spacial score (nSPS) is 11.6. The van der Waals surface area contributed by atoms with Crippen LogP contribution in [0.15, 0.2) is 4.99 Å². The molecule has 0 aliphatic rings. The fraction of sp³-hybridized carbons (Fsp3) is 0.737. The van der Waals surface area contributed by atoms with E-state index in [9.17, 15) is 4.79 Å². The number of carbonyl (C=O) groups excluding carboxylic acids is 1. The van der Waals surface area contributed by atoms with Crippen LogP contribution in [-0.2, 0) is 17.6 Å². The number of hydrogen-bond acceptors (Lipinski definition) is 5. The van der Waals surface area contributed by atoms with E-state index in [1.807, 2.05) is 27.7 Å². The Hall–Kier alpha value is -1.10. The first-order valence-corrected chi connectivity index (χ1v) is 10.5. The van der Waals surface area contributed by atoms with Crippen molar-refractivity contribution in [2.24, 2.45) is 4.99 Å². The van der Waals surface area contributed by atoms with Gasteiger partial charge in [0, 0.05) is 37.5 Å². The summed E-state index contributed by atoms with van der Waals surface area (Å²) in [4.78, 5) is 22.1. The summed E-state index contributed by atoms with van der Waals surface area (Å²) >= 11 is 1.77. The predicted octanol–water partition coefficient (Wildman–Crippen LogP) is 3.64. The molecule has 0 unspecified atom stereocenters. The Labute approximate surface area is 190 Å². The van der Waals surface area contributed by atoms with Crippen molar-refractivity contribution in [3.8, 4) is 0 Å². The minimum atomic E-state index is -0.474. The van der Waals surface area contributed by atoms with E-state index in [0.29, 0.717) is 13.1 Å². The lowest BCUT2D eigenvalue weighted by Gasteiger charge is -2.19. The van der Waals surface area contributed by atoms with Crippen LogP contribution in [0.1, 0.15) is 56.6 Å². The minimum Gasteiger partial charge on any atom is -0.444 e. The molecule has 3 N–H and O–H groups in total. The van der Waals surface area contributed by atoms with Crippen molar-refractivity contribution in [3.63, 3.8) is 0 Å². The van der Waals surface area contributed by atoms with Gasteiger partial charge in [-0.1, -0.05) is 6.92 Å². The second kappa shape index (κ2) is 14.0. The molecule has 0 fully saturated rings. The van der Waals surface area contributed by atoms with Crippen LogP contribution < -0.4 is 16.0 Å². The Balaban J connectivity index is 0.00000729. The van der Waals surface area contributed by atoms with Crippen LogP contribution in [0, 0.1) is 6.92 Å². The molecule has 9 heteroatoms. The Morgan fingerprint density at radius 3 is 2.46 bits per heavy atom. The van der Waals surface area contributed by atoms with Gasteiger partial charge in [-0.15, -0.1) is 35.3 Å². The highest BCUT2D eigenvalue weighted by Gasteiger charge is 2.15. The number of ether oxygens (including phenoxy) is 1. The smallest absolute Gasteiger partial charge is 0.407 e. The van der Waals surface area contributed by atoms with E-state index < -0.39 is 5.60 Å². The molecule has 0 saturated carbocycles. The Morgan fingerprint density at radius 1 is 1.18 bits per heavy atom. The summed E-state index contributed by atoms with van der Waals surface area (Å²) in [5, 5.41) is 10.5. The van der Waals surface area contributed by atoms with Gasteiger partial charge in [-0.05, 0) is 47.5 Å². The predicted molar refractivity (Wildman–Crippen MR) is 128 cm³/mol. The molecule has 1 amide bonds. The second-order valence-corrected chi connectivity index (χ2v) is 8.47. The van der Waals surface area contributed by atoms with E-state index >= 15 is 0 Å². The highest BCUT2D eigenvalue weighted by atomic mass is 127. The largest absolute Gasteiger partial charge is 0.444 e. The summed E-state index contributed by atoms with van der Waals surface area (Å²) in [6.45, 7) is 14.6. The standard InChI is InChI=1S/C19H35N5O2S.HI/c1-7-15-14(3)27-16(24-15)10-13-22-17(20-8-2)21-11-9-12-23-18(25)26-19(4,5)6;/h7-13H2,1-6H3,(H,23,25)(H2,20,21,22);1H. The number of aromatic nitrogens is 1. The first-order valence-electron chi connectivity index (χ1n) is 9.69. The Kier molecular flexibility index (Phi) is 13.4. The third-order valence-electron chi connectivity index (χ3n) is 3.52. The van der Waals surface area contributed by atoms with Crippen molar-refractivity contribution in [2.75, 3.05) is 26.2 Å². The maximum absolute atomic E-state index is 11.6. The molecular weight excluding hydrogens is 489 g/mol. The molecule has 162 valence electrons. The van der Waals surface area contributed by atoms with Gasteiger partial charge in [-0.25, -0.2) is 9.78 Å². The van der Waals surface area contributed by atoms with Crippen LogP contribution in [0.3, 0.4) is 0 Å². The number of thiazole rings is 1. The molecule has 0 spiro atoms. The molecule has 0 aliphatic carbocycles. The fourth-order valence-electron chi connectivity index (χ4n) is 2.33. The quantitative estimate of drug-likeness (QED) is 0.198. The van der Waals surface area contributed by atoms with E-state index in [2.05, 4.69) is 39.8 Å². The topological polar surface area (TPSA) is 87.6 Å². The number of aliphatic imine (C=N–C) groups is 1. The SMILES string of the molecule is CCNC(=NCCCNC(=O)OC(C)(C)C)NCCc1nc(CC)c(C)s1.I. The Bertz CT molecular complexity index is 614. The van der Waals surface area contributed by atoms with Crippen molar-refractivity contribution in [3.05, 3.63) is 15.6 Å². The molecule has 0 aliphatic heterocycles. The van der Waals surface area contributed by atoms with Crippen molar-refractivity contribution >= 4 is 47.4 Å². The maximum atomic E-state index is 11.6. The monoisotopic (exact) mass is 525 g/mol. The molecule has 0 aromatic carbocycles. The van der Waals surface area contributed by atoms with E-state index in [1.54, 1.807) is 11.3 Å². The Morgan fingerprint density at radius 2 is 1.89 bits per heavy atom. The number of guanidine groups is 1. The maximum Gasteiger partial charge on any atom is 0.407 e. The first kappa shape index (κ1) is 26.9. The molecule has 1 rings (SSSR count). The summed E-state index contributed by atoms with van der Waals surface area (Å²) in [6, 6.07) is 0. The zero-order valence-corrected chi connectivity index (χ0v) is 21.1. The zero-order valence-electron chi connectivity index (χ0n) is 18.0. The average molecular weight is 526 g/mol. The lowest BCUT2D eigenvalue weighted by molar-refractivity contribution is 0.0527. The summed E-state index contributed by atoms with van der Waals surface area (Å²) in [6.07, 6.45) is 2.23. The third-order valence-corrected chi connectivity index (χ3v) is 4.59. The fourth-order valence-corrected chi connectivity index (χ4v) is 3.35. The lowest BCUT2D eigenvalue weighted by Crippen LogP contribution is -2.38. The minimum absolute atomic E-state index is 0. The average Bonchev–Trinajstić information content (AvgIpc) is 2.92. The molecule has 0 bridgehead atoms. The molecule has 0 atom stereocenters. The van der Waals surface area contributed by atoms with E-state index in [4.69, 9.17) is 4.74 Å². The summed E-state index contributed by atoms with van der Waals surface area (Å²) in [7, 11) is 0. The third kappa shape index (κ3) is 11.7. The van der Waals surface area contributed by atoms with Gasteiger partial charge in [-0.3, -0.25) is 4.99 Å². The number of carbonyl (C=O) groups is 1. The number of nitrogens with one attached hydrogen (secondary N) is 3. The number of amides is 1. The van der Waals surface area contributed by atoms with Gasteiger partial charge in [0.2, 0.25) is 0 Å². The van der Waals surface area contributed by atoms with Crippen molar-refractivity contribution < 1.29 is 9.53 Å². The lowest BCUT2D eigenvalue weighted by atomic mass is 10.2. The second-order valence-electron chi connectivity index (χ2n) is 7.18. The number of hydrogen-bond donors (Lipinski definition) is 3. The molecule has 1 aromatic heterocycles. The molecule has 0 radical (unpaired) electrons. The summed E-state index contributed by atoms with van der Waals surface area (Å²) in [5.41, 5.74) is 0.728. The van der Waals surface area contributed by atoms with Crippen LogP contribution in [0.4, 0.5) is 4.79 Å². The number of rotatable bonds is 9. The van der Waals surface area contributed by atoms with Crippen LogP contribution in [0.25, 0.3) is 0 Å². The van der Waals surface area contributed by atoms with Crippen LogP contribution in [0.2, 0.25) is 0 Å². The van der Waals surface area contributed by atoms with Crippen molar-refractivity contribution in [1.29, 1.82) is 0 Å². The molecule has 7 nitrogen and oxygen atoms in total. The summed E-state index contributed by atoms with van der Waals surface area (Å²) < 4.78 is 5.20. The van der Waals surface area contributed by atoms with Gasteiger partial charge in [0.1, 0.15) is 5.60 Å². The number of nitrogens with zero attached hydrogens (tertiary/aromatic N) is 2. The van der Waals surface area contributed by atoms with Gasteiger partial charge >= 0.3 is 6.09 Å². The van der Waals surface area contributed by atoms with Gasteiger partial charge in [0.25, 0.3) is 0 Å². The highest BCUT2D eigenvalue weighted by Crippen LogP contribution is 2.17. The van der Waals surface area contributed by atoms with Crippen LogP contribution in [0.5, 0.6) is 0 Å². The molecule has 28 heavy (non-hydrogen) atoms. The van der Waals surface area contributed by atoms with Gasteiger partial charge < -0.3 is 20.7 Å². The molecule has 1 aromatic rings. The van der Waals surface area contributed by atoms with E-state index in [1.165, 1.54) is 10.6 Å².